The number of methoxy groups -OCH3 is 2. The fourth-order valence-electron chi connectivity index (χ4n) is 1.82. The summed E-state index contributed by atoms with van der Waals surface area (Å²) >= 11 is 0. The minimum Gasteiger partial charge on any atom is -0.493 e. The van der Waals surface area contributed by atoms with Crippen LogP contribution >= 0.6 is 0 Å². The van der Waals surface area contributed by atoms with Crippen LogP contribution in [0.15, 0.2) is 23.1 Å². The second kappa shape index (κ2) is 7.18. The highest BCUT2D eigenvalue weighted by Gasteiger charge is 2.25. The summed E-state index contributed by atoms with van der Waals surface area (Å²) < 4.78 is 37.3. The number of amides is 1. The minimum atomic E-state index is -3.86. The van der Waals surface area contributed by atoms with Gasteiger partial charge in [0.25, 0.3) is 0 Å². The summed E-state index contributed by atoms with van der Waals surface area (Å²) in [7, 11) is -0.985. The second-order valence-corrected chi connectivity index (χ2v) is 7.81. The van der Waals surface area contributed by atoms with Crippen molar-refractivity contribution in [3.05, 3.63) is 18.2 Å². The molecule has 0 aliphatic carbocycles. The zero-order valence-corrected chi connectivity index (χ0v) is 15.1. The maximum Gasteiger partial charge on any atom is 0.241 e. The van der Waals surface area contributed by atoms with Crippen LogP contribution in [0.5, 0.6) is 11.5 Å². The first kappa shape index (κ1) is 19.2. The van der Waals surface area contributed by atoms with E-state index in [2.05, 4.69) is 10.0 Å². The SMILES string of the molecule is COc1ccc(S(=O)(=O)NC(C)C(=O)NC(C)(C)C)cc1OC. The Hall–Kier alpha value is -1.80. The monoisotopic (exact) mass is 344 g/mol. The number of ether oxygens (including phenoxy) is 2. The molecule has 130 valence electrons. The zero-order valence-electron chi connectivity index (χ0n) is 14.3. The first-order chi connectivity index (χ1) is 10.5. The summed E-state index contributed by atoms with van der Waals surface area (Å²) in [6.07, 6.45) is 0. The number of carbonyl (C=O) groups is 1. The molecule has 0 bridgehead atoms. The average Bonchev–Trinajstić information content (AvgIpc) is 2.44. The molecule has 0 aromatic heterocycles. The lowest BCUT2D eigenvalue weighted by molar-refractivity contribution is -0.123. The van der Waals surface area contributed by atoms with Crippen molar-refractivity contribution in [3.63, 3.8) is 0 Å². The van der Waals surface area contributed by atoms with Crippen LogP contribution in [0.4, 0.5) is 0 Å². The summed E-state index contributed by atoms with van der Waals surface area (Å²) in [5.74, 6) is 0.314. The Morgan fingerprint density at radius 3 is 2.17 bits per heavy atom. The van der Waals surface area contributed by atoms with Gasteiger partial charge in [0.2, 0.25) is 15.9 Å². The van der Waals surface area contributed by atoms with Crippen molar-refractivity contribution >= 4 is 15.9 Å². The molecule has 1 aromatic rings. The van der Waals surface area contributed by atoms with Crippen LogP contribution in [0.2, 0.25) is 0 Å². The lowest BCUT2D eigenvalue weighted by Gasteiger charge is -2.23. The van der Waals surface area contributed by atoms with Crippen molar-refractivity contribution < 1.29 is 22.7 Å². The van der Waals surface area contributed by atoms with Crippen molar-refractivity contribution in [2.45, 2.75) is 44.2 Å². The number of sulfonamides is 1. The number of nitrogens with one attached hydrogen (secondary N) is 2. The summed E-state index contributed by atoms with van der Waals surface area (Å²) in [5, 5.41) is 2.72. The molecule has 0 saturated carbocycles. The number of hydrogen-bond donors (Lipinski definition) is 2. The van der Waals surface area contributed by atoms with Gasteiger partial charge >= 0.3 is 0 Å². The van der Waals surface area contributed by atoms with Gasteiger partial charge in [0.1, 0.15) is 0 Å². The van der Waals surface area contributed by atoms with Crippen LogP contribution < -0.4 is 19.5 Å². The Labute approximate surface area is 137 Å². The van der Waals surface area contributed by atoms with Gasteiger partial charge in [-0.05, 0) is 39.8 Å². The van der Waals surface area contributed by atoms with Crippen LogP contribution in [-0.2, 0) is 14.8 Å². The molecule has 0 radical (unpaired) electrons. The zero-order chi connectivity index (χ0) is 17.8. The highest BCUT2D eigenvalue weighted by atomic mass is 32.2. The smallest absolute Gasteiger partial charge is 0.241 e. The quantitative estimate of drug-likeness (QED) is 0.811. The molecular formula is C15H24N2O5S. The maximum absolute atomic E-state index is 12.4. The van der Waals surface area contributed by atoms with Crippen LogP contribution in [0, 0.1) is 0 Å². The van der Waals surface area contributed by atoms with E-state index in [0.717, 1.165) is 0 Å². The van der Waals surface area contributed by atoms with Crippen LogP contribution in [0.3, 0.4) is 0 Å². The molecule has 2 N–H and O–H groups in total. The Morgan fingerprint density at radius 1 is 1.13 bits per heavy atom. The average molecular weight is 344 g/mol. The Kier molecular flexibility index (Phi) is 6.01. The molecule has 7 nitrogen and oxygen atoms in total. The van der Waals surface area contributed by atoms with Crippen molar-refractivity contribution in [3.8, 4) is 11.5 Å². The van der Waals surface area contributed by atoms with E-state index in [1.54, 1.807) is 0 Å². The first-order valence-corrected chi connectivity index (χ1v) is 8.55. The van der Waals surface area contributed by atoms with E-state index in [0.29, 0.717) is 11.5 Å². The molecule has 0 saturated heterocycles. The van der Waals surface area contributed by atoms with Gasteiger partial charge in [-0.2, -0.15) is 4.72 Å². The molecule has 0 heterocycles. The van der Waals surface area contributed by atoms with Crippen LogP contribution in [-0.4, -0.2) is 40.1 Å². The van der Waals surface area contributed by atoms with Gasteiger partial charge in [0.05, 0.1) is 25.2 Å². The summed E-state index contributed by atoms with van der Waals surface area (Å²) in [6, 6.07) is 3.31. The van der Waals surface area contributed by atoms with Crippen molar-refractivity contribution in [1.29, 1.82) is 0 Å². The third-order valence-electron chi connectivity index (χ3n) is 2.89. The van der Waals surface area contributed by atoms with Gasteiger partial charge in [-0.3, -0.25) is 4.79 Å². The Morgan fingerprint density at radius 2 is 1.70 bits per heavy atom. The lowest BCUT2D eigenvalue weighted by Crippen LogP contribution is -2.50. The second-order valence-electron chi connectivity index (χ2n) is 6.10. The summed E-state index contributed by atoms with van der Waals surface area (Å²) in [4.78, 5) is 12.0. The molecule has 1 rings (SSSR count). The number of hydrogen-bond acceptors (Lipinski definition) is 5. The van der Waals surface area contributed by atoms with E-state index in [9.17, 15) is 13.2 Å². The van der Waals surface area contributed by atoms with Gasteiger partial charge in [-0.25, -0.2) is 8.42 Å². The van der Waals surface area contributed by atoms with Crippen LogP contribution in [0.1, 0.15) is 27.7 Å². The Bertz CT molecular complexity index is 665. The molecule has 0 fully saturated rings. The van der Waals surface area contributed by atoms with E-state index in [-0.39, 0.29) is 4.90 Å². The molecule has 0 spiro atoms. The normalized spacial score (nSPS) is 13.3. The third kappa shape index (κ3) is 5.40. The fraction of sp³-hybridized carbons (Fsp3) is 0.533. The number of rotatable bonds is 6. The molecule has 1 aromatic carbocycles. The molecule has 8 heteroatoms. The van der Waals surface area contributed by atoms with Crippen molar-refractivity contribution in [2.75, 3.05) is 14.2 Å². The highest BCUT2D eigenvalue weighted by molar-refractivity contribution is 7.89. The minimum absolute atomic E-state index is 0.00874. The largest absolute Gasteiger partial charge is 0.493 e. The summed E-state index contributed by atoms with van der Waals surface area (Å²) in [5.41, 5.74) is -0.444. The van der Waals surface area contributed by atoms with E-state index in [4.69, 9.17) is 9.47 Å². The predicted octanol–water partition coefficient (Wildman–Crippen LogP) is 1.29. The van der Waals surface area contributed by atoms with Gasteiger partial charge in [0.15, 0.2) is 11.5 Å². The fourth-order valence-corrected chi connectivity index (χ4v) is 3.03. The van der Waals surface area contributed by atoms with Crippen LogP contribution in [0.25, 0.3) is 0 Å². The van der Waals surface area contributed by atoms with E-state index >= 15 is 0 Å². The standard InChI is InChI=1S/C15H24N2O5S/c1-10(14(18)16-15(2,3)4)17-23(19,20)11-7-8-12(21-5)13(9-11)22-6/h7-10,17H,1-6H3,(H,16,18). The molecule has 1 atom stereocenters. The molecule has 1 unspecified atom stereocenters. The molecule has 23 heavy (non-hydrogen) atoms. The third-order valence-corrected chi connectivity index (χ3v) is 4.43. The van der Waals surface area contributed by atoms with Gasteiger partial charge in [0, 0.05) is 11.6 Å². The van der Waals surface area contributed by atoms with Gasteiger partial charge < -0.3 is 14.8 Å². The van der Waals surface area contributed by atoms with E-state index < -0.39 is 27.5 Å². The van der Waals surface area contributed by atoms with Gasteiger partial charge in [-0.15, -0.1) is 0 Å². The van der Waals surface area contributed by atoms with Gasteiger partial charge in [-0.1, -0.05) is 0 Å². The maximum atomic E-state index is 12.4. The lowest BCUT2D eigenvalue weighted by atomic mass is 10.1. The molecule has 1 amide bonds. The molecule has 0 aliphatic rings. The topological polar surface area (TPSA) is 93.7 Å². The Balaban J connectivity index is 2.97. The van der Waals surface area contributed by atoms with E-state index in [1.807, 2.05) is 20.8 Å². The van der Waals surface area contributed by atoms with E-state index in [1.165, 1.54) is 39.3 Å². The summed E-state index contributed by atoms with van der Waals surface area (Å²) in [6.45, 7) is 6.95. The highest BCUT2D eigenvalue weighted by Crippen LogP contribution is 2.29. The van der Waals surface area contributed by atoms with Crippen molar-refractivity contribution in [1.82, 2.24) is 10.0 Å². The van der Waals surface area contributed by atoms with Crippen molar-refractivity contribution in [2.24, 2.45) is 0 Å². The predicted molar refractivity (Wildman–Crippen MR) is 87.2 cm³/mol. The number of carbonyl (C=O) groups excluding carboxylic acids is 1. The first-order valence-electron chi connectivity index (χ1n) is 7.06. The number of benzene rings is 1. The molecular weight excluding hydrogens is 320 g/mol. The molecule has 0 aliphatic heterocycles.